The van der Waals surface area contributed by atoms with Gasteiger partial charge in [-0.05, 0) is 101 Å². The Balaban J connectivity index is 0.838. The van der Waals surface area contributed by atoms with Gasteiger partial charge in [-0.3, -0.25) is 9.59 Å². The molecule has 65 heavy (non-hydrogen) atoms. The van der Waals surface area contributed by atoms with Crippen LogP contribution in [-0.4, -0.2) is 86.6 Å². The number of benzene rings is 4. The van der Waals surface area contributed by atoms with E-state index in [4.69, 9.17) is 19.4 Å². The zero-order valence-electron chi connectivity index (χ0n) is 37.0. The average molecular weight is 875 g/mol. The third-order valence-electron chi connectivity index (χ3n) is 14.3. The van der Waals surface area contributed by atoms with E-state index < -0.39 is 24.3 Å². The molecule has 4 aliphatic rings. The lowest BCUT2D eigenvalue weighted by Gasteiger charge is -2.36. The maximum Gasteiger partial charge on any atom is 0.407 e. The topological polar surface area (TPSA) is 175 Å². The molecule has 2 aliphatic heterocycles. The van der Waals surface area contributed by atoms with Crippen LogP contribution in [0.2, 0.25) is 0 Å². The molecule has 1 spiro atoms. The predicted molar refractivity (Wildman–Crippen MR) is 245 cm³/mol. The number of H-pyrrole nitrogens is 2. The number of imidazole rings is 2. The second-order valence-corrected chi connectivity index (χ2v) is 18.7. The minimum atomic E-state index is -0.874. The number of hydrogen-bond acceptors (Lipinski definition) is 8. The Morgan fingerprint density at radius 3 is 2.03 bits per heavy atom. The van der Waals surface area contributed by atoms with Crippen LogP contribution in [0, 0.1) is 17.3 Å². The molecule has 4 amide bonds. The molecule has 2 saturated heterocycles. The van der Waals surface area contributed by atoms with Crippen molar-refractivity contribution in [3.63, 3.8) is 0 Å². The number of nitrogens with one attached hydrogen (secondary N) is 4. The Hall–Kier alpha value is -6.96. The summed E-state index contributed by atoms with van der Waals surface area (Å²) in [6.07, 6.45) is 8.28. The van der Waals surface area contributed by atoms with Crippen LogP contribution < -0.4 is 10.6 Å². The van der Waals surface area contributed by atoms with Gasteiger partial charge in [0.15, 0.2) is 0 Å². The highest BCUT2D eigenvalue weighted by Crippen LogP contribution is 2.58. The van der Waals surface area contributed by atoms with E-state index in [0.717, 1.165) is 94.6 Å². The number of ether oxygens (including phenoxy) is 2. The Morgan fingerprint density at radius 1 is 0.723 bits per heavy atom. The third kappa shape index (κ3) is 7.99. The molecule has 14 nitrogen and oxygen atoms in total. The average Bonchev–Trinajstić information content (AvgIpc) is 3.97. The van der Waals surface area contributed by atoms with Crippen molar-refractivity contribution in [2.75, 3.05) is 20.8 Å². The number of methoxy groups -OCH3 is 2. The van der Waals surface area contributed by atoms with Gasteiger partial charge < -0.3 is 39.9 Å². The Kier molecular flexibility index (Phi) is 10.9. The molecule has 0 radical (unpaired) electrons. The molecule has 334 valence electrons. The van der Waals surface area contributed by atoms with Crippen molar-refractivity contribution >= 4 is 34.8 Å². The van der Waals surface area contributed by atoms with Gasteiger partial charge in [0.1, 0.15) is 23.7 Å². The highest BCUT2D eigenvalue weighted by atomic mass is 16.5. The number of rotatable bonds is 11. The summed E-state index contributed by atoms with van der Waals surface area (Å²) in [5.74, 6) is 1.40. The summed E-state index contributed by atoms with van der Waals surface area (Å²) in [6.45, 7) is 4.51. The summed E-state index contributed by atoms with van der Waals surface area (Å²) in [5.41, 5.74) is 6.74. The summed E-state index contributed by atoms with van der Waals surface area (Å²) < 4.78 is 9.73. The molecule has 2 aliphatic carbocycles. The number of alkyl carbamates (subject to hydrolysis) is 2. The second-order valence-electron chi connectivity index (χ2n) is 18.7. The lowest BCUT2D eigenvalue weighted by molar-refractivity contribution is -0.138. The summed E-state index contributed by atoms with van der Waals surface area (Å²) in [7, 11) is 2.61. The van der Waals surface area contributed by atoms with E-state index in [0.29, 0.717) is 12.1 Å². The zero-order valence-corrected chi connectivity index (χ0v) is 37.0. The van der Waals surface area contributed by atoms with Crippen LogP contribution >= 0.6 is 0 Å². The molecule has 6 aromatic rings. The van der Waals surface area contributed by atoms with Crippen molar-refractivity contribution in [2.24, 2.45) is 17.3 Å². The number of fused-ring (bicyclic) bond motifs is 3. The fraction of sp³-hybridized carbons (Fsp3) is 0.373. The van der Waals surface area contributed by atoms with Gasteiger partial charge in [0, 0.05) is 18.2 Å². The van der Waals surface area contributed by atoms with Gasteiger partial charge in [0.05, 0.1) is 50.1 Å². The van der Waals surface area contributed by atoms with E-state index in [-0.39, 0.29) is 47.2 Å². The van der Waals surface area contributed by atoms with Crippen molar-refractivity contribution in [3.8, 4) is 33.6 Å². The number of aromatic amines is 2. The molecule has 4 fully saturated rings. The number of aromatic nitrogens is 4. The third-order valence-corrected chi connectivity index (χ3v) is 14.3. The largest absolute Gasteiger partial charge is 0.453 e. The molecule has 2 aromatic heterocycles. The number of likely N-dealkylation sites (tertiary alicyclic amines) is 2. The van der Waals surface area contributed by atoms with Gasteiger partial charge in [0.25, 0.3) is 5.91 Å². The number of carbonyl (C=O) groups excluding carboxylic acids is 4. The Bertz CT molecular complexity index is 2760. The smallest absolute Gasteiger partial charge is 0.407 e. The van der Waals surface area contributed by atoms with Crippen molar-refractivity contribution < 1.29 is 28.7 Å². The van der Waals surface area contributed by atoms with E-state index in [1.807, 2.05) is 66.4 Å². The highest BCUT2D eigenvalue weighted by molar-refractivity contribution is 5.91. The van der Waals surface area contributed by atoms with Crippen LogP contribution in [0.4, 0.5) is 9.59 Å². The molecule has 6 atom stereocenters. The van der Waals surface area contributed by atoms with E-state index in [1.54, 1.807) is 0 Å². The van der Waals surface area contributed by atoms with Crippen LogP contribution in [0.1, 0.15) is 87.7 Å². The molecule has 4 N–H and O–H groups in total. The summed E-state index contributed by atoms with van der Waals surface area (Å²) in [4.78, 5) is 73.4. The summed E-state index contributed by atoms with van der Waals surface area (Å²) in [6, 6.07) is 28.7. The maximum absolute atomic E-state index is 14.3. The van der Waals surface area contributed by atoms with E-state index in [2.05, 4.69) is 81.3 Å². The van der Waals surface area contributed by atoms with Gasteiger partial charge >= 0.3 is 12.2 Å². The monoisotopic (exact) mass is 874 g/mol. The summed E-state index contributed by atoms with van der Waals surface area (Å²) in [5, 5.41) is 7.74. The van der Waals surface area contributed by atoms with Crippen LogP contribution in [0.25, 0.3) is 44.4 Å². The lowest BCUT2D eigenvalue weighted by Crippen LogP contribution is -2.51. The molecule has 1 unspecified atom stereocenters. The molecular formula is C51H54N8O6. The van der Waals surface area contributed by atoms with Crippen LogP contribution in [0.3, 0.4) is 0 Å². The standard InChI is InChI=1S/C51H54N8O6/c1-29(2)42(56-49(62)64-3)47(60)58-28-51(20-21-51)25-41(58)45-52-27-40(54-45)36-17-16-34-22-33(14-15-35(34)23-36)30-10-12-31(13-11-30)39-26-53-46(55-39)44-37-18-19-38(24-37)59(44)48(61)43(57-50(63)65-4)32-8-6-5-7-9-32/h5-17,22-23,26-27,29,37-38,41-44H,18-21,24-25,28H2,1-4H3,(H,52,54)(H,53,55)(H,56,62)(H,57,63)/t37-,38-,41+,42+,43?,44+/m1/s1. The predicted octanol–water partition coefficient (Wildman–Crippen LogP) is 8.87. The number of nitrogens with zero attached hydrogens (tertiary/aromatic N) is 4. The molecule has 2 saturated carbocycles. The minimum Gasteiger partial charge on any atom is -0.453 e. The van der Waals surface area contributed by atoms with Gasteiger partial charge in [-0.2, -0.15) is 0 Å². The normalized spacial score (nSPS) is 21.4. The quantitative estimate of drug-likeness (QED) is 0.0999. The van der Waals surface area contributed by atoms with Crippen molar-refractivity contribution in [3.05, 3.63) is 121 Å². The number of hydrogen-bond donors (Lipinski definition) is 4. The number of amides is 4. The Labute approximate surface area is 377 Å². The number of carbonyl (C=O) groups is 4. The van der Waals surface area contributed by atoms with Crippen LogP contribution in [0.15, 0.2) is 103 Å². The van der Waals surface area contributed by atoms with E-state index >= 15 is 0 Å². The first-order valence-corrected chi connectivity index (χ1v) is 22.6. The fourth-order valence-electron chi connectivity index (χ4n) is 10.6. The van der Waals surface area contributed by atoms with E-state index in [1.165, 1.54) is 14.2 Å². The lowest BCUT2D eigenvalue weighted by atomic mass is 9.96. The number of piperidine rings is 1. The SMILES string of the molecule is COC(=O)NC(C(=O)N1[C@@H]2CC[C@H](C2)[C@H]1c1ncc(-c2ccc(-c3ccc4cc(-c5cnc([C@@H]6CC7(CC7)CN6C(=O)[C@@H](NC(=O)OC)C(C)C)[nH]5)ccc4c3)cc2)[nH]1)c1ccccc1. The van der Waals surface area contributed by atoms with Crippen LogP contribution in [-0.2, 0) is 19.1 Å². The minimum absolute atomic E-state index is 0.0761. The van der Waals surface area contributed by atoms with E-state index in [9.17, 15) is 19.2 Å². The zero-order chi connectivity index (χ0) is 45.0. The highest BCUT2D eigenvalue weighted by Gasteiger charge is 2.55. The van der Waals surface area contributed by atoms with Crippen molar-refractivity contribution in [1.82, 2.24) is 40.4 Å². The first-order valence-electron chi connectivity index (χ1n) is 22.6. The van der Waals surface area contributed by atoms with Gasteiger partial charge in [-0.15, -0.1) is 0 Å². The molecule has 4 heterocycles. The molecule has 4 aromatic carbocycles. The second kappa shape index (κ2) is 16.9. The van der Waals surface area contributed by atoms with Gasteiger partial charge in [-0.1, -0.05) is 92.7 Å². The fourth-order valence-corrected chi connectivity index (χ4v) is 10.6. The maximum atomic E-state index is 14.3. The van der Waals surface area contributed by atoms with Crippen molar-refractivity contribution in [2.45, 2.75) is 82.6 Å². The van der Waals surface area contributed by atoms with Crippen molar-refractivity contribution in [1.29, 1.82) is 0 Å². The van der Waals surface area contributed by atoms with Gasteiger partial charge in [0.2, 0.25) is 5.91 Å². The first-order chi connectivity index (χ1) is 31.5. The van der Waals surface area contributed by atoms with Crippen LogP contribution in [0.5, 0.6) is 0 Å². The molecule has 14 heteroatoms. The summed E-state index contributed by atoms with van der Waals surface area (Å²) >= 11 is 0. The molecule has 10 rings (SSSR count). The molecule has 2 bridgehead atoms. The van der Waals surface area contributed by atoms with Gasteiger partial charge in [-0.25, -0.2) is 19.6 Å². The first kappa shape index (κ1) is 42.0. The Morgan fingerprint density at radius 2 is 1.34 bits per heavy atom. The molecular weight excluding hydrogens is 821 g/mol.